The van der Waals surface area contributed by atoms with Crippen molar-refractivity contribution in [2.45, 2.75) is 12.7 Å². The van der Waals surface area contributed by atoms with Gasteiger partial charge in [-0.15, -0.1) is 0 Å². The molecule has 5 aromatic rings. The second-order valence-corrected chi connectivity index (χ2v) is 9.24. The molecule has 1 aromatic heterocycles. The summed E-state index contributed by atoms with van der Waals surface area (Å²) in [6.07, 6.45) is -2.98. The van der Waals surface area contributed by atoms with E-state index >= 15 is 0 Å². The summed E-state index contributed by atoms with van der Waals surface area (Å²) in [6, 6.07) is 25.6. The SMILES string of the molecule is COc1cccc(CNC(=O)c2cnc3cc(NC(=O)c4ccccc4-c4ccc(C(F)(F)F)cc4)ccc3c2)c1. The highest BCUT2D eigenvalue weighted by Crippen LogP contribution is 2.32. The second kappa shape index (κ2) is 11.5. The van der Waals surface area contributed by atoms with Gasteiger partial charge >= 0.3 is 6.18 Å². The number of rotatable bonds is 7. The summed E-state index contributed by atoms with van der Waals surface area (Å²) in [7, 11) is 1.58. The third kappa shape index (κ3) is 6.36. The van der Waals surface area contributed by atoms with E-state index in [1.807, 2.05) is 24.3 Å². The van der Waals surface area contributed by atoms with Crippen molar-refractivity contribution in [1.82, 2.24) is 10.3 Å². The molecule has 0 aliphatic heterocycles. The molecule has 206 valence electrons. The van der Waals surface area contributed by atoms with E-state index in [-0.39, 0.29) is 5.91 Å². The van der Waals surface area contributed by atoms with E-state index in [9.17, 15) is 22.8 Å². The minimum absolute atomic E-state index is 0.278. The summed E-state index contributed by atoms with van der Waals surface area (Å²) in [5.74, 6) is 0.00274. The maximum Gasteiger partial charge on any atom is 0.416 e. The number of amides is 2. The lowest BCUT2D eigenvalue weighted by atomic mass is 9.98. The molecule has 0 bridgehead atoms. The van der Waals surface area contributed by atoms with Gasteiger partial charge in [-0.3, -0.25) is 14.6 Å². The number of halogens is 3. The number of benzene rings is 4. The number of anilines is 1. The van der Waals surface area contributed by atoms with Crippen LogP contribution in [0.2, 0.25) is 0 Å². The number of alkyl halides is 3. The van der Waals surface area contributed by atoms with Gasteiger partial charge in [0.25, 0.3) is 11.8 Å². The second-order valence-electron chi connectivity index (χ2n) is 9.24. The Morgan fingerprint density at radius 3 is 2.39 bits per heavy atom. The molecular formula is C32H24F3N3O3. The van der Waals surface area contributed by atoms with Crippen LogP contribution in [0.5, 0.6) is 5.75 Å². The first-order valence-corrected chi connectivity index (χ1v) is 12.6. The smallest absolute Gasteiger partial charge is 0.416 e. The lowest BCUT2D eigenvalue weighted by Gasteiger charge is -2.12. The van der Waals surface area contributed by atoms with Gasteiger partial charge in [-0.05, 0) is 65.2 Å². The molecule has 2 N–H and O–H groups in total. The fraction of sp³-hybridized carbons (Fsp3) is 0.0938. The largest absolute Gasteiger partial charge is 0.497 e. The Kier molecular flexibility index (Phi) is 7.69. The molecule has 5 rings (SSSR count). The number of carbonyl (C=O) groups excluding carboxylic acids is 2. The van der Waals surface area contributed by atoms with Crippen LogP contribution in [-0.4, -0.2) is 23.9 Å². The van der Waals surface area contributed by atoms with Crippen LogP contribution in [0.4, 0.5) is 18.9 Å². The number of hydrogen-bond donors (Lipinski definition) is 2. The van der Waals surface area contributed by atoms with Crippen LogP contribution >= 0.6 is 0 Å². The zero-order valence-electron chi connectivity index (χ0n) is 21.8. The van der Waals surface area contributed by atoms with Crippen molar-refractivity contribution in [2.24, 2.45) is 0 Å². The molecule has 0 spiro atoms. The Morgan fingerprint density at radius 2 is 1.63 bits per heavy atom. The molecule has 0 aliphatic carbocycles. The van der Waals surface area contributed by atoms with E-state index in [0.717, 1.165) is 17.7 Å². The van der Waals surface area contributed by atoms with Crippen LogP contribution < -0.4 is 15.4 Å². The van der Waals surface area contributed by atoms with Gasteiger partial charge in [0.05, 0.1) is 23.8 Å². The molecule has 9 heteroatoms. The highest BCUT2D eigenvalue weighted by Gasteiger charge is 2.30. The molecule has 0 unspecified atom stereocenters. The van der Waals surface area contributed by atoms with Crippen molar-refractivity contribution in [1.29, 1.82) is 0 Å². The molecule has 0 atom stereocenters. The number of nitrogens with one attached hydrogen (secondary N) is 2. The normalized spacial score (nSPS) is 11.2. The zero-order valence-corrected chi connectivity index (χ0v) is 21.8. The van der Waals surface area contributed by atoms with Gasteiger partial charge in [0.15, 0.2) is 0 Å². The predicted molar refractivity (Wildman–Crippen MR) is 151 cm³/mol. The quantitative estimate of drug-likeness (QED) is 0.224. The standard InChI is InChI=1S/C32H24F3N3O3/c1-41-26-6-4-5-20(15-26)18-37-30(39)23-16-22-11-14-25(17-29(22)36-19-23)38-31(40)28-8-3-2-7-27(28)21-9-12-24(13-10-21)32(33,34)35/h2-17,19H,18H2,1H3,(H,37,39)(H,38,40). The molecule has 41 heavy (non-hydrogen) atoms. The Hall–Kier alpha value is -5.18. The van der Waals surface area contributed by atoms with Gasteiger partial charge in [-0.25, -0.2) is 0 Å². The third-order valence-corrected chi connectivity index (χ3v) is 6.49. The van der Waals surface area contributed by atoms with Gasteiger partial charge in [0.1, 0.15) is 5.75 Å². The highest BCUT2D eigenvalue weighted by atomic mass is 19.4. The Morgan fingerprint density at radius 1 is 0.854 bits per heavy atom. The van der Waals surface area contributed by atoms with Crippen molar-refractivity contribution >= 4 is 28.4 Å². The number of ether oxygens (including phenoxy) is 1. The molecule has 2 amide bonds. The number of fused-ring (bicyclic) bond motifs is 1. The predicted octanol–water partition coefficient (Wildman–Crippen LogP) is 7.11. The first-order chi connectivity index (χ1) is 19.7. The average Bonchev–Trinajstić information content (AvgIpc) is 2.99. The van der Waals surface area contributed by atoms with Crippen molar-refractivity contribution < 1.29 is 27.5 Å². The van der Waals surface area contributed by atoms with E-state index in [2.05, 4.69) is 15.6 Å². The number of carbonyl (C=O) groups is 2. The monoisotopic (exact) mass is 555 g/mol. The third-order valence-electron chi connectivity index (χ3n) is 6.49. The fourth-order valence-corrected chi connectivity index (χ4v) is 4.36. The highest BCUT2D eigenvalue weighted by molar-refractivity contribution is 6.09. The Labute approximate surface area is 233 Å². The number of aromatic nitrogens is 1. The average molecular weight is 556 g/mol. The fourth-order valence-electron chi connectivity index (χ4n) is 4.36. The Bertz CT molecular complexity index is 1730. The van der Waals surface area contributed by atoms with Gasteiger partial charge in [0, 0.05) is 29.4 Å². The molecule has 6 nitrogen and oxygen atoms in total. The summed E-state index contributed by atoms with van der Waals surface area (Å²) in [5, 5.41) is 6.41. The number of hydrogen-bond acceptors (Lipinski definition) is 4. The molecule has 0 radical (unpaired) electrons. The molecule has 0 saturated heterocycles. The van der Waals surface area contributed by atoms with Crippen LogP contribution in [-0.2, 0) is 12.7 Å². The maximum absolute atomic E-state index is 13.2. The molecule has 0 aliphatic rings. The Balaban J connectivity index is 1.30. The van der Waals surface area contributed by atoms with Crippen LogP contribution in [0.3, 0.4) is 0 Å². The van der Waals surface area contributed by atoms with Crippen molar-refractivity contribution in [3.8, 4) is 16.9 Å². The van der Waals surface area contributed by atoms with Gasteiger partial charge in [-0.2, -0.15) is 13.2 Å². The van der Waals surface area contributed by atoms with Gasteiger partial charge in [-0.1, -0.05) is 48.5 Å². The van der Waals surface area contributed by atoms with Crippen LogP contribution in [0, 0.1) is 0 Å². The zero-order chi connectivity index (χ0) is 29.0. The van der Waals surface area contributed by atoms with Crippen LogP contribution in [0.25, 0.3) is 22.0 Å². The van der Waals surface area contributed by atoms with Gasteiger partial charge < -0.3 is 15.4 Å². The van der Waals surface area contributed by atoms with E-state index < -0.39 is 17.6 Å². The summed E-state index contributed by atoms with van der Waals surface area (Å²) in [4.78, 5) is 30.3. The van der Waals surface area contributed by atoms with E-state index in [1.165, 1.54) is 18.3 Å². The summed E-state index contributed by atoms with van der Waals surface area (Å²) >= 11 is 0. The van der Waals surface area contributed by atoms with Crippen molar-refractivity contribution in [3.05, 3.63) is 126 Å². The van der Waals surface area contributed by atoms with Gasteiger partial charge in [0.2, 0.25) is 0 Å². The molecule has 4 aromatic carbocycles. The first kappa shape index (κ1) is 27.4. The summed E-state index contributed by atoms with van der Waals surface area (Å²) < 4.78 is 44.1. The van der Waals surface area contributed by atoms with E-state index in [4.69, 9.17) is 4.74 Å². The maximum atomic E-state index is 13.2. The summed E-state index contributed by atoms with van der Waals surface area (Å²) in [6.45, 7) is 0.326. The van der Waals surface area contributed by atoms with Crippen molar-refractivity contribution in [2.75, 3.05) is 12.4 Å². The lowest BCUT2D eigenvalue weighted by Crippen LogP contribution is -2.22. The minimum atomic E-state index is -4.44. The van der Waals surface area contributed by atoms with E-state index in [1.54, 1.807) is 55.6 Å². The van der Waals surface area contributed by atoms with Crippen LogP contribution in [0.15, 0.2) is 103 Å². The topological polar surface area (TPSA) is 80.3 Å². The van der Waals surface area contributed by atoms with Crippen LogP contribution in [0.1, 0.15) is 31.8 Å². The molecule has 1 heterocycles. The lowest BCUT2D eigenvalue weighted by molar-refractivity contribution is -0.137. The molecular weight excluding hydrogens is 531 g/mol. The first-order valence-electron chi connectivity index (χ1n) is 12.6. The summed E-state index contributed by atoms with van der Waals surface area (Å²) in [5.41, 5.74) is 2.88. The number of methoxy groups -OCH3 is 1. The van der Waals surface area contributed by atoms with E-state index in [0.29, 0.717) is 51.1 Å². The minimum Gasteiger partial charge on any atom is -0.497 e. The number of pyridine rings is 1. The molecule has 0 saturated carbocycles. The molecule has 0 fully saturated rings. The number of nitrogens with zero attached hydrogens (tertiary/aromatic N) is 1. The van der Waals surface area contributed by atoms with Crippen molar-refractivity contribution in [3.63, 3.8) is 0 Å².